The van der Waals surface area contributed by atoms with Crippen molar-refractivity contribution >= 4 is 17.4 Å². The van der Waals surface area contributed by atoms with Gasteiger partial charge in [-0.15, -0.1) is 0 Å². The number of anilines is 1. The van der Waals surface area contributed by atoms with Gasteiger partial charge in [-0.05, 0) is 37.9 Å². The van der Waals surface area contributed by atoms with Crippen molar-refractivity contribution < 1.29 is 0 Å². The molecule has 3 N–H and O–H groups in total. The highest BCUT2D eigenvalue weighted by atomic mass is 35.5. The first kappa shape index (κ1) is 12.6. The van der Waals surface area contributed by atoms with Gasteiger partial charge in [0, 0.05) is 12.6 Å². The van der Waals surface area contributed by atoms with Gasteiger partial charge in [0.25, 0.3) is 0 Å². The van der Waals surface area contributed by atoms with Gasteiger partial charge in [-0.1, -0.05) is 18.5 Å². The molecule has 1 saturated carbocycles. The maximum Gasteiger partial charge on any atom is 0.140 e. The van der Waals surface area contributed by atoms with Crippen LogP contribution in [0.4, 0.5) is 5.82 Å². The zero-order chi connectivity index (χ0) is 12.3. The fourth-order valence-electron chi connectivity index (χ4n) is 1.99. The van der Waals surface area contributed by atoms with Gasteiger partial charge in [0.1, 0.15) is 5.82 Å². The maximum atomic E-state index is 6.16. The van der Waals surface area contributed by atoms with Crippen molar-refractivity contribution in [3.8, 4) is 0 Å². The lowest BCUT2D eigenvalue weighted by Gasteiger charge is -2.21. The molecule has 1 aromatic rings. The first-order chi connectivity index (χ1) is 8.24. The number of nitrogens with zero attached hydrogens (tertiary/aromatic N) is 2. The summed E-state index contributed by atoms with van der Waals surface area (Å²) < 4.78 is 0. The summed E-state index contributed by atoms with van der Waals surface area (Å²) >= 11 is 6.16. The molecule has 0 aliphatic heterocycles. The van der Waals surface area contributed by atoms with E-state index >= 15 is 0 Å². The predicted molar refractivity (Wildman–Crippen MR) is 70.8 cm³/mol. The first-order valence-electron chi connectivity index (χ1n) is 6.10. The average molecular weight is 255 g/mol. The van der Waals surface area contributed by atoms with Crippen LogP contribution in [0.1, 0.15) is 31.9 Å². The van der Waals surface area contributed by atoms with E-state index in [1.165, 1.54) is 12.8 Å². The molecule has 0 saturated heterocycles. The Balaban J connectivity index is 2.09. The van der Waals surface area contributed by atoms with Crippen molar-refractivity contribution in [1.82, 2.24) is 9.88 Å². The lowest BCUT2D eigenvalue weighted by molar-refractivity contribution is 0.252. The van der Waals surface area contributed by atoms with Crippen LogP contribution in [-0.4, -0.2) is 22.5 Å². The Hall–Kier alpha value is -0.840. The van der Waals surface area contributed by atoms with Crippen LogP contribution >= 0.6 is 11.6 Å². The lowest BCUT2D eigenvalue weighted by Crippen LogP contribution is -2.27. The maximum absolute atomic E-state index is 6.16. The summed E-state index contributed by atoms with van der Waals surface area (Å²) in [7, 11) is 0. The van der Waals surface area contributed by atoms with Crippen LogP contribution in [0.15, 0.2) is 12.1 Å². The Labute approximate surface area is 107 Å². The number of hydrogen-bond donors (Lipinski definition) is 2. The van der Waals surface area contributed by atoms with Gasteiger partial charge in [0.2, 0.25) is 0 Å². The molecule has 0 amide bonds. The number of pyridine rings is 1. The molecule has 1 aliphatic carbocycles. The van der Waals surface area contributed by atoms with E-state index in [4.69, 9.17) is 17.4 Å². The van der Waals surface area contributed by atoms with Crippen LogP contribution in [-0.2, 0) is 6.54 Å². The first-order valence-corrected chi connectivity index (χ1v) is 6.48. The summed E-state index contributed by atoms with van der Waals surface area (Å²) in [5.41, 5.74) is 3.46. The molecule has 0 unspecified atom stereocenters. The summed E-state index contributed by atoms with van der Waals surface area (Å²) in [4.78, 5) is 6.87. The minimum absolute atomic E-state index is 0.664. The van der Waals surface area contributed by atoms with E-state index < -0.39 is 0 Å². The van der Waals surface area contributed by atoms with Crippen molar-refractivity contribution in [3.05, 3.63) is 22.8 Å². The van der Waals surface area contributed by atoms with Crippen LogP contribution in [0.5, 0.6) is 0 Å². The fraction of sp³-hybridized carbons (Fsp3) is 0.583. The summed E-state index contributed by atoms with van der Waals surface area (Å²) in [6.45, 7) is 4.11. The highest BCUT2D eigenvalue weighted by molar-refractivity contribution is 6.31. The molecule has 0 atom stereocenters. The van der Waals surface area contributed by atoms with Crippen LogP contribution in [0, 0.1) is 0 Å². The third kappa shape index (κ3) is 3.31. The SMILES string of the molecule is CCCN(Cc1nc(NN)ccc1Cl)C1CC1. The zero-order valence-corrected chi connectivity index (χ0v) is 10.9. The van der Waals surface area contributed by atoms with Crippen LogP contribution in [0.25, 0.3) is 0 Å². The van der Waals surface area contributed by atoms with Gasteiger partial charge in [-0.2, -0.15) is 0 Å². The van der Waals surface area contributed by atoms with Gasteiger partial charge < -0.3 is 5.43 Å². The van der Waals surface area contributed by atoms with Crippen molar-refractivity contribution in [3.63, 3.8) is 0 Å². The van der Waals surface area contributed by atoms with Gasteiger partial charge in [0.05, 0.1) is 10.7 Å². The number of nitrogens with one attached hydrogen (secondary N) is 1. The minimum Gasteiger partial charge on any atom is -0.308 e. The number of aromatic nitrogens is 1. The minimum atomic E-state index is 0.664. The summed E-state index contributed by atoms with van der Waals surface area (Å²) in [5.74, 6) is 6.02. The van der Waals surface area contributed by atoms with Gasteiger partial charge in [0.15, 0.2) is 0 Å². The number of nitrogens with two attached hydrogens (primary N) is 1. The molecule has 2 rings (SSSR count). The Bertz CT molecular complexity index is 379. The predicted octanol–water partition coefficient (Wildman–Crippen LogP) is 2.40. The molecule has 1 fully saturated rings. The molecule has 5 heteroatoms. The molecule has 17 heavy (non-hydrogen) atoms. The summed E-state index contributed by atoms with van der Waals surface area (Å²) in [6, 6.07) is 4.35. The normalized spacial score (nSPS) is 15.3. The van der Waals surface area contributed by atoms with Crippen molar-refractivity contribution in [2.75, 3.05) is 12.0 Å². The smallest absolute Gasteiger partial charge is 0.140 e. The van der Waals surface area contributed by atoms with Crippen LogP contribution in [0.3, 0.4) is 0 Å². The van der Waals surface area contributed by atoms with Crippen molar-refractivity contribution in [1.29, 1.82) is 0 Å². The number of nitrogen functional groups attached to an aromatic ring is 1. The van der Waals surface area contributed by atoms with E-state index in [-0.39, 0.29) is 0 Å². The highest BCUT2D eigenvalue weighted by Gasteiger charge is 2.28. The second kappa shape index (κ2) is 5.67. The topological polar surface area (TPSA) is 54.2 Å². The van der Waals surface area contributed by atoms with Gasteiger partial charge >= 0.3 is 0 Å². The molecular formula is C12H19ClN4. The second-order valence-corrected chi connectivity index (χ2v) is 4.88. The molecular weight excluding hydrogens is 236 g/mol. The number of hydrogen-bond acceptors (Lipinski definition) is 4. The molecule has 1 aromatic heterocycles. The van der Waals surface area contributed by atoms with Crippen molar-refractivity contribution in [2.45, 2.75) is 38.8 Å². The molecule has 0 aromatic carbocycles. The molecule has 4 nitrogen and oxygen atoms in total. The lowest BCUT2D eigenvalue weighted by atomic mass is 10.3. The fourth-order valence-corrected chi connectivity index (χ4v) is 2.15. The van der Waals surface area contributed by atoms with Crippen LogP contribution < -0.4 is 11.3 Å². The number of halogens is 1. The Kier molecular flexibility index (Phi) is 4.20. The Morgan fingerprint density at radius 2 is 2.29 bits per heavy atom. The van der Waals surface area contributed by atoms with Gasteiger partial charge in [-0.25, -0.2) is 10.8 Å². The average Bonchev–Trinajstić information content (AvgIpc) is 3.15. The van der Waals surface area contributed by atoms with Crippen molar-refractivity contribution in [2.24, 2.45) is 5.84 Å². The van der Waals surface area contributed by atoms with Crippen LogP contribution in [0.2, 0.25) is 5.02 Å². The van der Waals surface area contributed by atoms with E-state index in [0.29, 0.717) is 10.8 Å². The molecule has 94 valence electrons. The molecule has 1 heterocycles. The molecule has 1 aliphatic rings. The highest BCUT2D eigenvalue weighted by Crippen LogP contribution is 2.29. The van der Waals surface area contributed by atoms with E-state index in [1.54, 1.807) is 6.07 Å². The number of hydrazine groups is 1. The largest absolute Gasteiger partial charge is 0.308 e. The molecule has 0 bridgehead atoms. The van der Waals surface area contributed by atoms with E-state index in [9.17, 15) is 0 Å². The third-order valence-corrected chi connectivity index (χ3v) is 3.34. The number of rotatable bonds is 6. The Morgan fingerprint density at radius 3 is 2.88 bits per heavy atom. The zero-order valence-electron chi connectivity index (χ0n) is 10.1. The second-order valence-electron chi connectivity index (χ2n) is 4.47. The quantitative estimate of drug-likeness (QED) is 0.605. The van der Waals surface area contributed by atoms with Gasteiger partial charge in [-0.3, -0.25) is 4.90 Å². The summed E-state index contributed by atoms with van der Waals surface area (Å²) in [6.07, 6.45) is 3.75. The molecule has 0 radical (unpaired) electrons. The molecule has 0 spiro atoms. The summed E-state index contributed by atoms with van der Waals surface area (Å²) in [5, 5.41) is 0.714. The monoisotopic (exact) mass is 254 g/mol. The van der Waals surface area contributed by atoms with E-state index in [2.05, 4.69) is 22.2 Å². The Morgan fingerprint density at radius 1 is 1.53 bits per heavy atom. The van der Waals surface area contributed by atoms with E-state index in [0.717, 1.165) is 31.2 Å². The standard InChI is InChI=1S/C12H19ClN4/c1-2-7-17(9-3-4-9)8-11-10(13)5-6-12(15-11)16-14/h5-6,9H,2-4,7-8,14H2,1H3,(H,15,16). The third-order valence-electron chi connectivity index (χ3n) is 2.99. The van der Waals surface area contributed by atoms with E-state index in [1.807, 2.05) is 6.07 Å².